The molecule has 50 heavy (non-hydrogen) atoms. The van der Waals surface area contributed by atoms with Gasteiger partial charge in [0.05, 0.1) is 11.4 Å². The summed E-state index contributed by atoms with van der Waals surface area (Å²) in [6.07, 6.45) is 9.03. The van der Waals surface area contributed by atoms with Crippen LogP contribution in [0.5, 0.6) is 11.5 Å². The summed E-state index contributed by atoms with van der Waals surface area (Å²) < 4.78 is 8.44. The number of hydrogen-bond donors (Lipinski definition) is 0. The molecule has 6 aromatic rings. The molecule has 0 saturated carbocycles. The van der Waals surface area contributed by atoms with Gasteiger partial charge in [-0.2, -0.15) is 28.5 Å². The number of pyridine rings is 1. The predicted molar refractivity (Wildman–Crippen MR) is 199 cm³/mol. The van der Waals surface area contributed by atoms with Gasteiger partial charge in [0.2, 0.25) is 0 Å². The van der Waals surface area contributed by atoms with Gasteiger partial charge in [-0.25, -0.2) is 0 Å². The Hall–Kier alpha value is -4.77. The van der Waals surface area contributed by atoms with Crippen LogP contribution in [0.25, 0.3) is 5.69 Å². The molecule has 1 unspecified atom stereocenters. The summed E-state index contributed by atoms with van der Waals surface area (Å²) in [6, 6.07) is 44.2. The van der Waals surface area contributed by atoms with Gasteiger partial charge in [-0.1, -0.05) is 74.2 Å². The summed E-state index contributed by atoms with van der Waals surface area (Å²) in [6.45, 7) is 8.85. The van der Waals surface area contributed by atoms with Crippen LogP contribution in [0.2, 0.25) is 0 Å². The van der Waals surface area contributed by atoms with Gasteiger partial charge in [-0.3, -0.25) is 9.67 Å². The number of aryl methyl sites for hydroxylation is 2. The van der Waals surface area contributed by atoms with Crippen molar-refractivity contribution in [3.63, 3.8) is 0 Å². The standard InChI is InChI=1S/C43H36N4OSi.Pt/c1-29-26-30(2)47(45-29)32-23-24-39-37(28-32)46(36-18-7-8-19-38(36)48-39)31-14-13-15-33(27-31)49(42-22-11-12-25-44-42)40-20-9-5-16-34(40)43(3,4)35-17-6-10-21-41(35)49;/h5,7-9,11-26H,6,10H2,1-4H3;/q-2;+2. The van der Waals surface area contributed by atoms with Crippen molar-refractivity contribution in [2.24, 2.45) is 0 Å². The van der Waals surface area contributed by atoms with Crippen molar-refractivity contribution in [1.82, 2.24) is 14.8 Å². The SMILES string of the molecule is Cc1cc(C)n(-c2[c-]c3c(cc2)Oc2ccccc2N3c2[c-]c([Si]3(c4ccccn4)C4=CCCC=C4C(C)(C)c4ccccc43)ccc2)n1.[Pt+2]. The largest absolute Gasteiger partial charge is 2.00 e. The Kier molecular flexibility index (Phi) is 7.93. The van der Waals surface area contributed by atoms with Gasteiger partial charge in [0.1, 0.15) is 5.75 Å². The number of allylic oxidation sites excluding steroid dienone is 4. The zero-order valence-corrected chi connectivity index (χ0v) is 31.7. The van der Waals surface area contributed by atoms with E-state index in [-0.39, 0.29) is 26.5 Å². The summed E-state index contributed by atoms with van der Waals surface area (Å²) in [5.41, 5.74) is 8.27. The van der Waals surface area contributed by atoms with Gasteiger partial charge in [0.25, 0.3) is 0 Å². The van der Waals surface area contributed by atoms with Crippen LogP contribution in [0.1, 0.15) is 43.6 Å². The zero-order chi connectivity index (χ0) is 33.3. The van der Waals surface area contributed by atoms with Crippen molar-refractivity contribution >= 4 is 40.8 Å². The minimum atomic E-state index is -2.91. The van der Waals surface area contributed by atoms with Crippen LogP contribution in [0.4, 0.5) is 17.1 Å². The maximum Gasteiger partial charge on any atom is 2.00 e. The van der Waals surface area contributed by atoms with E-state index >= 15 is 0 Å². The number of aromatic nitrogens is 3. The molecule has 4 aromatic carbocycles. The van der Waals surface area contributed by atoms with E-state index in [2.05, 4.69) is 123 Å². The molecule has 0 spiro atoms. The van der Waals surface area contributed by atoms with Crippen molar-refractivity contribution in [3.05, 3.63) is 161 Å². The number of rotatable bonds is 4. The van der Waals surface area contributed by atoms with E-state index in [0.717, 1.165) is 63.8 Å². The van der Waals surface area contributed by atoms with Crippen molar-refractivity contribution in [3.8, 4) is 17.2 Å². The smallest absolute Gasteiger partial charge is 0.513 e. The first-order chi connectivity index (χ1) is 23.9. The third kappa shape index (κ3) is 4.76. The average Bonchev–Trinajstić information content (AvgIpc) is 3.48. The Morgan fingerprint density at radius 3 is 2.40 bits per heavy atom. The molecule has 7 heteroatoms. The number of benzene rings is 4. The van der Waals surface area contributed by atoms with Gasteiger partial charge < -0.3 is 9.64 Å². The molecule has 0 radical (unpaired) electrons. The van der Waals surface area contributed by atoms with E-state index in [1.165, 1.54) is 26.7 Å². The minimum absolute atomic E-state index is 0. The summed E-state index contributed by atoms with van der Waals surface area (Å²) in [7, 11) is -2.91. The number of para-hydroxylation sites is 2. The van der Waals surface area contributed by atoms with Crippen molar-refractivity contribution in [1.29, 1.82) is 0 Å². The molecule has 4 heterocycles. The van der Waals surface area contributed by atoms with E-state index in [0.29, 0.717) is 0 Å². The molecule has 9 rings (SSSR count). The zero-order valence-electron chi connectivity index (χ0n) is 28.5. The monoisotopic (exact) mass is 847 g/mol. The first kappa shape index (κ1) is 32.4. The number of hydrogen-bond acceptors (Lipinski definition) is 4. The van der Waals surface area contributed by atoms with Crippen molar-refractivity contribution < 1.29 is 25.8 Å². The van der Waals surface area contributed by atoms with E-state index in [1.54, 1.807) is 0 Å². The van der Waals surface area contributed by atoms with Gasteiger partial charge in [-0.15, -0.1) is 24.3 Å². The minimum Gasteiger partial charge on any atom is -0.513 e. The van der Waals surface area contributed by atoms with Crippen molar-refractivity contribution in [2.75, 3.05) is 4.90 Å². The summed E-state index contributed by atoms with van der Waals surface area (Å²) in [5.74, 6) is 1.53. The van der Waals surface area contributed by atoms with Gasteiger partial charge in [0, 0.05) is 28.4 Å². The van der Waals surface area contributed by atoms with Crippen molar-refractivity contribution in [2.45, 2.75) is 46.0 Å². The average molecular weight is 848 g/mol. The van der Waals surface area contributed by atoms with E-state index in [1.807, 2.05) is 48.1 Å². The number of nitrogens with zero attached hydrogens (tertiary/aromatic N) is 4. The van der Waals surface area contributed by atoms with Crippen LogP contribution < -0.4 is 25.3 Å². The molecule has 248 valence electrons. The predicted octanol–water partition coefficient (Wildman–Crippen LogP) is 8.00. The third-order valence-electron chi connectivity index (χ3n) is 10.4. The summed E-state index contributed by atoms with van der Waals surface area (Å²) in [4.78, 5) is 7.43. The quantitative estimate of drug-likeness (QED) is 0.133. The van der Waals surface area contributed by atoms with Gasteiger partial charge >= 0.3 is 21.1 Å². The van der Waals surface area contributed by atoms with Gasteiger partial charge in [0.15, 0.2) is 8.07 Å². The molecule has 2 aromatic heterocycles. The molecule has 0 bridgehead atoms. The molecule has 1 aliphatic carbocycles. The fourth-order valence-corrected chi connectivity index (χ4v) is 13.7. The second-order valence-corrected chi connectivity index (χ2v) is 17.3. The van der Waals surface area contributed by atoms with Crippen LogP contribution >= 0.6 is 0 Å². The van der Waals surface area contributed by atoms with Crippen LogP contribution in [0, 0.1) is 26.0 Å². The third-order valence-corrected chi connectivity index (χ3v) is 15.1. The molecule has 2 aliphatic heterocycles. The second kappa shape index (κ2) is 12.2. The first-order valence-electron chi connectivity index (χ1n) is 17.0. The Bertz CT molecular complexity index is 2340. The molecular formula is C43H36N4OPtSi. The number of fused-ring (bicyclic) bond motifs is 4. The molecule has 1 atom stereocenters. The maximum atomic E-state index is 6.50. The topological polar surface area (TPSA) is 43.2 Å². The Morgan fingerprint density at radius 1 is 0.780 bits per heavy atom. The molecular weight excluding hydrogens is 812 g/mol. The Morgan fingerprint density at radius 2 is 1.58 bits per heavy atom. The van der Waals surface area contributed by atoms with Crippen LogP contribution in [-0.2, 0) is 26.5 Å². The number of anilines is 3. The Balaban J connectivity index is 0.00000361. The van der Waals surface area contributed by atoms with E-state index in [4.69, 9.17) is 14.8 Å². The molecule has 0 N–H and O–H groups in total. The fourth-order valence-electron chi connectivity index (χ4n) is 8.28. The van der Waals surface area contributed by atoms with E-state index < -0.39 is 8.07 Å². The molecule has 3 aliphatic rings. The molecule has 0 fully saturated rings. The second-order valence-electron chi connectivity index (χ2n) is 13.7. The maximum absolute atomic E-state index is 6.50. The Labute approximate surface area is 309 Å². The first-order valence-corrected chi connectivity index (χ1v) is 19.0. The normalized spacial score (nSPS) is 18.3. The molecule has 5 nitrogen and oxygen atoms in total. The van der Waals surface area contributed by atoms with Crippen LogP contribution in [0.15, 0.2) is 132 Å². The summed E-state index contributed by atoms with van der Waals surface area (Å²) >= 11 is 0. The fraction of sp³-hybridized carbons (Fsp3) is 0.163. The number of ether oxygens (including phenoxy) is 1. The molecule has 0 amide bonds. The van der Waals surface area contributed by atoms with Gasteiger partial charge in [-0.05, 0) is 89.9 Å². The molecule has 0 saturated heterocycles. The summed E-state index contributed by atoms with van der Waals surface area (Å²) in [5, 5.41) is 9.91. The van der Waals surface area contributed by atoms with Crippen LogP contribution in [-0.4, -0.2) is 22.8 Å². The van der Waals surface area contributed by atoms with E-state index in [9.17, 15) is 0 Å². The van der Waals surface area contributed by atoms with Crippen LogP contribution in [0.3, 0.4) is 0 Å².